The van der Waals surface area contributed by atoms with Crippen LogP contribution < -0.4 is 15.8 Å². The van der Waals surface area contributed by atoms with Crippen molar-refractivity contribution in [2.75, 3.05) is 4.90 Å². The number of aromatic nitrogens is 2. The van der Waals surface area contributed by atoms with Crippen LogP contribution >= 0.6 is 0 Å². The third-order valence-corrected chi connectivity index (χ3v) is 8.83. The van der Waals surface area contributed by atoms with Gasteiger partial charge in [-0.05, 0) is 55.2 Å². The number of imide groups is 1. The molecule has 3 aromatic carbocycles. The first-order valence-corrected chi connectivity index (χ1v) is 13.1. The molecule has 3 aliphatic rings. The van der Waals surface area contributed by atoms with E-state index in [4.69, 9.17) is 4.98 Å². The molecule has 3 aliphatic heterocycles. The smallest absolute Gasteiger partial charge is 0.266 e. The molecule has 1 N–H and O–H groups in total. The minimum Gasteiger partial charge on any atom is -0.296 e. The fourth-order valence-electron chi connectivity index (χ4n) is 6.94. The van der Waals surface area contributed by atoms with Crippen molar-refractivity contribution in [2.24, 2.45) is 17.8 Å². The number of anilines is 1. The van der Waals surface area contributed by atoms with Crippen LogP contribution in [0.3, 0.4) is 0 Å². The van der Waals surface area contributed by atoms with Crippen molar-refractivity contribution in [1.29, 1.82) is 0 Å². The summed E-state index contributed by atoms with van der Waals surface area (Å²) in [7, 11) is 0. The molecule has 1 aromatic heterocycles. The van der Waals surface area contributed by atoms with Crippen molar-refractivity contribution in [1.82, 2.24) is 14.9 Å². The molecule has 4 heterocycles. The molecular weight excluding hydrogens is 476 g/mol. The molecule has 2 saturated heterocycles. The van der Waals surface area contributed by atoms with E-state index >= 15 is 0 Å². The van der Waals surface area contributed by atoms with E-state index in [0.717, 1.165) is 16.7 Å². The molecule has 38 heavy (non-hydrogen) atoms. The Morgan fingerprint density at radius 1 is 0.868 bits per heavy atom. The van der Waals surface area contributed by atoms with Crippen LogP contribution in [0.5, 0.6) is 0 Å². The number of hydrogen-bond acceptors (Lipinski definition) is 5. The number of nitrogens with one attached hydrogen (secondary N) is 1. The van der Waals surface area contributed by atoms with Crippen molar-refractivity contribution in [3.05, 3.63) is 99.6 Å². The van der Waals surface area contributed by atoms with E-state index in [1.807, 2.05) is 74.5 Å². The Morgan fingerprint density at radius 2 is 1.58 bits per heavy atom. The zero-order valence-corrected chi connectivity index (χ0v) is 21.7. The van der Waals surface area contributed by atoms with Gasteiger partial charge in [-0.25, -0.2) is 9.88 Å². The van der Waals surface area contributed by atoms with Gasteiger partial charge in [-0.2, -0.15) is 0 Å². The molecule has 190 valence electrons. The molecule has 0 aliphatic carbocycles. The van der Waals surface area contributed by atoms with Crippen LogP contribution in [0, 0.1) is 31.6 Å². The van der Waals surface area contributed by atoms with Crippen LogP contribution in [-0.2, 0) is 15.1 Å². The maximum Gasteiger partial charge on any atom is 0.266 e. The molecular formula is C31H28N4O3. The molecule has 7 nitrogen and oxygen atoms in total. The number of carbonyl (C=O) groups excluding carboxylic acids is 2. The summed E-state index contributed by atoms with van der Waals surface area (Å²) in [6.07, 6.45) is 0. The molecule has 0 unspecified atom stereocenters. The van der Waals surface area contributed by atoms with Gasteiger partial charge in [-0.15, -0.1) is 0 Å². The van der Waals surface area contributed by atoms with Gasteiger partial charge < -0.3 is 0 Å². The summed E-state index contributed by atoms with van der Waals surface area (Å²) in [5.74, 6) is -1.25. The fourth-order valence-corrected chi connectivity index (χ4v) is 6.94. The van der Waals surface area contributed by atoms with Gasteiger partial charge >= 0.3 is 0 Å². The first kappa shape index (κ1) is 23.0. The normalized spacial score (nSPS) is 25.5. The summed E-state index contributed by atoms with van der Waals surface area (Å²) >= 11 is 0. The Morgan fingerprint density at radius 3 is 2.37 bits per heavy atom. The standard InChI is InChI=1S/C31H28N4O3/c1-16(2)26-24-25(29(38)34(28(24)37)22-15-9-10-17(3)18(22)4)31(33-26)20-12-6-8-14-23(20)35-27(36)19-11-5-7-13-21(19)32-30(31)35/h5-16,24-26,33H,1-4H3/t24-,25-,26-,31-/m1/s1. The van der Waals surface area contributed by atoms with Gasteiger partial charge in [-0.3, -0.25) is 24.3 Å². The average Bonchev–Trinajstić information content (AvgIpc) is 3.50. The summed E-state index contributed by atoms with van der Waals surface area (Å²) in [4.78, 5) is 49.0. The summed E-state index contributed by atoms with van der Waals surface area (Å²) < 4.78 is 1.64. The lowest BCUT2D eigenvalue weighted by atomic mass is 9.75. The number of amides is 2. The van der Waals surface area contributed by atoms with E-state index in [0.29, 0.717) is 28.1 Å². The third-order valence-electron chi connectivity index (χ3n) is 8.83. The minimum absolute atomic E-state index is 0.0607. The molecule has 2 fully saturated rings. The topological polar surface area (TPSA) is 84.3 Å². The Labute approximate surface area is 220 Å². The maximum absolute atomic E-state index is 14.5. The van der Waals surface area contributed by atoms with E-state index in [9.17, 15) is 14.4 Å². The fraction of sp³-hybridized carbons (Fsp3) is 0.290. The Hall–Kier alpha value is -4.10. The van der Waals surface area contributed by atoms with E-state index < -0.39 is 17.4 Å². The van der Waals surface area contributed by atoms with Crippen LogP contribution in [0.4, 0.5) is 5.69 Å². The lowest BCUT2D eigenvalue weighted by Gasteiger charge is -2.32. The number of aryl methyl sites for hydroxylation is 1. The Balaban J connectivity index is 1.54. The second kappa shape index (κ2) is 7.71. The van der Waals surface area contributed by atoms with Crippen LogP contribution in [-0.4, -0.2) is 27.4 Å². The molecule has 0 radical (unpaired) electrons. The Bertz CT molecular complexity index is 1760. The zero-order chi connectivity index (χ0) is 26.5. The van der Waals surface area contributed by atoms with Gasteiger partial charge in [0.2, 0.25) is 11.8 Å². The van der Waals surface area contributed by atoms with Crippen molar-refractivity contribution >= 4 is 28.4 Å². The van der Waals surface area contributed by atoms with Gasteiger partial charge in [0.25, 0.3) is 5.56 Å². The number of fused-ring (bicyclic) bond motifs is 8. The number of nitrogens with zero attached hydrogens (tertiary/aromatic N) is 3. The summed E-state index contributed by atoms with van der Waals surface area (Å²) in [6, 6.07) is 20.4. The SMILES string of the molecule is Cc1cccc(N2C(=O)[C@H]3[C@@H](C(C)C)N[C@]4(c5ccccc5-n5c4nc4ccccc4c5=O)[C@H]3C2=O)c1C. The second-order valence-electron chi connectivity index (χ2n) is 11.1. The highest BCUT2D eigenvalue weighted by atomic mass is 16.2. The lowest BCUT2D eigenvalue weighted by molar-refractivity contribution is -0.123. The predicted octanol–water partition coefficient (Wildman–Crippen LogP) is 3.99. The van der Waals surface area contributed by atoms with Gasteiger partial charge in [0.15, 0.2) is 0 Å². The minimum atomic E-state index is -1.11. The number of hydrogen-bond donors (Lipinski definition) is 1. The van der Waals surface area contributed by atoms with Gasteiger partial charge in [0, 0.05) is 11.6 Å². The zero-order valence-electron chi connectivity index (χ0n) is 21.7. The van der Waals surface area contributed by atoms with Crippen molar-refractivity contribution in [3.8, 4) is 5.69 Å². The molecule has 0 bridgehead atoms. The molecule has 2 amide bonds. The van der Waals surface area contributed by atoms with Crippen LogP contribution in [0.25, 0.3) is 16.6 Å². The van der Waals surface area contributed by atoms with E-state index in [1.165, 1.54) is 4.90 Å². The average molecular weight is 505 g/mol. The van der Waals surface area contributed by atoms with Gasteiger partial charge in [-0.1, -0.05) is 56.3 Å². The molecule has 0 saturated carbocycles. The predicted molar refractivity (Wildman–Crippen MR) is 145 cm³/mol. The lowest BCUT2D eigenvalue weighted by Crippen LogP contribution is -2.51. The molecule has 1 spiro atoms. The van der Waals surface area contributed by atoms with Gasteiger partial charge in [0.05, 0.1) is 34.1 Å². The first-order chi connectivity index (χ1) is 18.3. The van der Waals surface area contributed by atoms with Crippen LogP contribution in [0.2, 0.25) is 0 Å². The molecule has 7 heteroatoms. The van der Waals surface area contributed by atoms with Gasteiger partial charge in [0.1, 0.15) is 11.4 Å². The van der Waals surface area contributed by atoms with Crippen LogP contribution in [0.15, 0.2) is 71.5 Å². The largest absolute Gasteiger partial charge is 0.296 e. The monoisotopic (exact) mass is 504 g/mol. The summed E-state index contributed by atoms with van der Waals surface area (Å²) in [5, 5.41) is 4.26. The van der Waals surface area contributed by atoms with Crippen LogP contribution in [0.1, 0.15) is 36.4 Å². The highest BCUT2D eigenvalue weighted by Crippen LogP contribution is 2.56. The number of para-hydroxylation sites is 2. The highest BCUT2D eigenvalue weighted by molar-refractivity contribution is 6.23. The molecule has 4 aromatic rings. The Kier molecular flexibility index (Phi) is 4.68. The van der Waals surface area contributed by atoms with E-state index in [-0.39, 0.29) is 29.3 Å². The maximum atomic E-state index is 14.5. The van der Waals surface area contributed by atoms with Crippen molar-refractivity contribution < 1.29 is 9.59 Å². The first-order valence-electron chi connectivity index (χ1n) is 13.1. The van der Waals surface area contributed by atoms with Crippen molar-refractivity contribution in [2.45, 2.75) is 39.3 Å². The highest BCUT2D eigenvalue weighted by Gasteiger charge is 2.70. The van der Waals surface area contributed by atoms with Crippen molar-refractivity contribution in [3.63, 3.8) is 0 Å². The number of benzene rings is 3. The molecule has 7 rings (SSSR count). The summed E-state index contributed by atoms with van der Waals surface area (Å²) in [5.41, 5.74) is 3.35. The molecule has 4 atom stereocenters. The quantitative estimate of drug-likeness (QED) is 0.418. The van der Waals surface area contributed by atoms with E-state index in [2.05, 4.69) is 19.2 Å². The summed E-state index contributed by atoms with van der Waals surface area (Å²) in [6.45, 7) is 8.05. The number of carbonyl (C=O) groups is 2. The second-order valence-corrected chi connectivity index (χ2v) is 11.1. The van der Waals surface area contributed by atoms with E-state index in [1.54, 1.807) is 10.6 Å². The number of rotatable bonds is 2. The third kappa shape index (κ3) is 2.67.